The molecule has 2 aliphatic rings. The van der Waals surface area contributed by atoms with Crippen LogP contribution in [0, 0.1) is 0 Å². The van der Waals surface area contributed by atoms with Crippen LogP contribution in [0.25, 0.3) is 56.5 Å². The molecule has 1 aliphatic heterocycles. The van der Waals surface area contributed by atoms with E-state index in [0.717, 1.165) is 50.9 Å². The van der Waals surface area contributed by atoms with Crippen molar-refractivity contribution >= 4 is 40.1 Å². The van der Waals surface area contributed by atoms with Gasteiger partial charge >= 0.3 is 0 Å². The number of anilines is 2. The van der Waals surface area contributed by atoms with Gasteiger partial charge < -0.3 is 25.3 Å². The number of pyridine rings is 2. The molecule has 0 spiro atoms. The Morgan fingerprint density at radius 3 is 2.19 bits per heavy atom. The molecule has 7 rings (SSSR count). The number of fused-ring (bicyclic) bond motifs is 2. The zero-order valence-corrected chi connectivity index (χ0v) is 33.3. The van der Waals surface area contributed by atoms with Crippen LogP contribution in [0.4, 0.5) is 11.4 Å². The van der Waals surface area contributed by atoms with Crippen molar-refractivity contribution in [2.75, 3.05) is 51.5 Å². The van der Waals surface area contributed by atoms with E-state index in [0.29, 0.717) is 47.8 Å². The highest BCUT2D eigenvalue weighted by atomic mass is 16.3. The van der Waals surface area contributed by atoms with Gasteiger partial charge in [0.05, 0.1) is 24.5 Å². The monoisotopic (exact) mass is 790 g/mol. The van der Waals surface area contributed by atoms with Crippen molar-refractivity contribution in [1.29, 1.82) is 0 Å². The van der Waals surface area contributed by atoms with Gasteiger partial charge in [0.15, 0.2) is 0 Å². The molecule has 0 saturated heterocycles. The molecule has 59 heavy (non-hydrogen) atoms. The summed E-state index contributed by atoms with van der Waals surface area (Å²) in [5.74, 6) is 0.528. The number of amides is 3. The molecule has 0 atom stereocenters. The van der Waals surface area contributed by atoms with Crippen LogP contribution in [0.15, 0.2) is 108 Å². The molecule has 2 aromatic carbocycles. The van der Waals surface area contributed by atoms with E-state index in [1.807, 2.05) is 80.1 Å². The predicted octanol–water partition coefficient (Wildman–Crippen LogP) is 5.05. The van der Waals surface area contributed by atoms with Crippen LogP contribution in [0.3, 0.4) is 0 Å². The summed E-state index contributed by atoms with van der Waals surface area (Å²) in [6.45, 7) is 0.299. The van der Waals surface area contributed by atoms with Gasteiger partial charge in [0.1, 0.15) is 36.8 Å². The zero-order valence-electron chi connectivity index (χ0n) is 33.3. The third-order valence-electron chi connectivity index (χ3n) is 9.62. The fourth-order valence-corrected chi connectivity index (χ4v) is 6.42. The van der Waals surface area contributed by atoms with Crippen LogP contribution in [0.5, 0.6) is 0 Å². The number of hydrogen-bond donors (Lipinski definition) is 3. The van der Waals surface area contributed by atoms with Crippen LogP contribution >= 0.6 is 0 Å². The Morgan fingerprint density at radius 2 is 1.51 bits per heavy atom. The minimum atomic E-state index is -0.388. The molecular formula is C44H44N11O4+. The molecule has 5 aromatic rings. The lowest BCUT2D eigenvalue weighted by atomic mass is 9.93. The van der Waals surface area contributed by atoms with Crippen molar-refractivity contribution in [2.45, 2.75) is 25.7 Å². The van der Waals surface area contributed by atoms with Crippen LogP contribution < -0.4 is 30.8 Å². The van der Waals surface area contributed by atoms with Gasteiger partial charge in [0.2, 0.25) is 28.8 Å². The SMILES string of the molecule is CN(C)c1ccc2c(-c3ccc(C(=O)NCCCCCC(=O)NCC(=O)Nc4ccc(-c5nnc(-c6ccccn6)nn5)nc4)cc3)c3ccc(=[N+](C)C)cc-3oc2c1. The van der Waals surface area contributed by atoms with Gasteiger partial charge in [-0.1, -0.05) is 24.6 Å². The Balaban J connectivity index is 0.839. The minimum absolute atomic E-state index is 0.160. The molecule has 0 radical (unpaired) electrons. The fourth-order valence-electron chi connectivity index (χ4n) is 6.42. The van der Waals surface area contributed by atoms with Crippen molar-refractivity contribution in [3.63, 3.8) is 0 Å². The Labute approximate surface area is 340 Å². The Morgan fingerprint density at radius 1 is 0.746 bits per heavy atom. The number of nitrogens with one attached hydrogen (secondary N) is 3. The molecule has 3 aromatic heterocycles. The largest absolute Gasteiger partial charge is 0.456 e. The molecule has 0 bridgehead atoms. The van der Waals surface area contributed by atoms with E-state index in [4.69, 9.17) is 4.42 Å². The molecule has 3 N–H and O–H groups in total. The maximum atomic E-state index is 13.0. The first-order valence-corrected chi connectivity index (χ1v) is 19.2. The van der Waals surface area contributed by atoms with Crippen LogP contribution in [-0.4, -0.2) is 89.4 Å². The van der Waals surface area contributed by atoms with Gasteiger partial charge in [0, 0.05) is 73.2 Å². The number of carbonyl (C=O) groups is 3. The summed E-state index contributed by atoms with van der Waals surface area (Å²) < 4.78 is 8.48. The number of aromatic nitrogens is 6. The molecule has 0 unspecified atom stereocenters. The molecule has 4 heterocycles. The normalized spacial score (nSPS) is 11.0. The number of benzene rings is 3. The molecule has 3 amide bonds. The lowest BCUT2D eigenvalue weighted by molar-refractivity contribution is -0.124. The Bertz CT molecular complexity index is 2630. The smallest absolute Gasteiger partial charge is 0.251 e. The van der Waals surface area contributed by atoms with Crippen molar-refractivity contribution in [3.8, 4) is 45.5 Å². The topological polar surface area (TPSA) is 184 Å². The second kappa shape index (κ2) is 18.2. The standard InChI is InChI=1S/C44H43N11O4/c1-54(2)31-17-19-33-37(24-31)59-38-25-32(55(3)4)18-20-34(38)41(33)28-12-14-29(15-13-28)44(58)46-23-8-5-6-11-39(56)48-27-40(57)49-30-16-21-36(47-26-30)43-52-50-42(51-53-43)35-10-7-9-22-45-35/h7,9-10,12-22,24-26H,5-6,8,11,23,27H2,1-4H3,(H2-,45,46,48,49,52,53,56,57,58)/p+1. The Kier molecular flexibility index (Phi) is 12.3. The first kappa shape index (κ1) is 39.8. The van der Waals surface area contributed by atoms with Crippen LogP contribution in [0.1, 0.15) is 36.0 Å². The van der Waals surface area contributed by atoms with E-state index in [1.54, 1.807) is 30.5 Å². The average Bonchev–Trinajstić information content (AvgIpc) is 3.26. The van der Waals surface area contributed by atoms with E-state index in [1.165, 1.54) is 6.20 Å². The third kappa shape index (κ3) is 9.76. The molecule has 0 fully saturated rings. The first-order chi connectivity index (χ1) is 28.6. The molecule has 1 aliphatic carbocycles. The number of unbranched alkanes of at least 4 members (excludes halogenated alkanes) is 2. The van der Waals surface area contributed by atoms with Gasteiger partial charge in [-0.05, 0) is 73.0 Å². The van der Waals surface area contributed by atoms with Gasteiger partial charge in [0.25, 0.3) is 5.91 Å². The van der Waals surface area contributed by atoms with E-state index in [2.05, 4.69) is 70.6 Å². The first-order valence-electron chi connectivity index (χ1n) is 19.2. The summed E-state index contributed by atoms with van der Waals surface area (Å²) in [4.78, 5) is 48.4. The zero-order chi connectivity index (χ0) is 41.3. The van der Waals surface area contributed by atoms with E-state index in [9.17, 15) is 14.4 Å². The van der Waals surface area contributed by atoms with E-state index >= 15 is 0 Å². The second-order valence-corrected chi connectivity index (χ2v) is 14.3. The third-order valence-corrected chi connectivity index (χ3v) is 9.62. The maximum absolute atomic E-state index is 13.0. The van der Waals surface area contributed by atoms with E-state index < -0.39 is 0 Å². The minimum Gasteiger partial charge on any atom is -0.456 e. The van der Waals surface area contributed by atoms with Gasteiger partial charge in [-0.3, -0.25) is 24.4 Å². The van der Waals surface area contributed by atoms with E-state index in [-0.39, 0.29) is 36.5 Å². The lowest BCUT2D eigenvalue weighted by Gasteiger charge is -2.18. The maximum Gasteiger partial charge on any atom is 0.251 e. The van der Waals surface area contributed by atoms with Crippen LogP contribution in [-0.2, 0) is 9.59 Å². The van der Waals surface area contributed by atoms with Crippen molar-refractivity contribution in [3.05, 3.63) is 114 Å². The van der Waals surface area contributed by atoms with Crippen molar-refractivity contribution in [2.24, 2.45) is 0 Å². The molecule has 15 heteroatoms. The van der Waals surface area contributed by atoms with Crippen molar-refractivity contribution < 1.29 is 18.8 Å². The second-order valence-electron chi connectivity index (χ2n) is 14.3. The predicted molar refractivity (Wildman–Crippen MR) is 226 cm³/mol. The highest BCUT2D eigenvalue weighted by molar-refractivity contribution is 6.03. The van der Waals surface area contributed by atoms with Gasteiger partial charge in [-0.15, -0.1) is 20.4 Å². The molecule has 15 nitrogen and oxygen atoms in total. The van der Waals surface area contributed by atoms with Gasteiger partial charge in [-0.25, -0.2) is 4.58 Å². The highest BCUT2D eigenvalue weighted by Crippen LogP contribution is 2.40. The lowest BCUT2D eigenvalue weighted by Crippen LogP contribution is -2.32. The Hall–Kier alpha value is -7.42. The fraction of sp³-hybridized carbons (Fsp3) is 0.227. The summed E-state index contributed by atoms with van der Waals surface area (Å²) in [5, 5.41) is 26.7. The molecular weight excluding hydrogens is 747 g/mol. The summed E-state index contributed by atoms with van der Waals surface area (Å²) in [7, 11) is 8.01. The molecule has 0 saturated carbocycles. The average molecular weight is 791 g/mol. The molecule has 298 valence electrons. The summed E-state index contributed by atoms with van der Waals surface area (Å²) in [5.41, 5.74) is 6.83. The number of nitrogens with zero attached hydrogens (tertiary/aromatic N) is 8. The number of hydrogen-bond acceptors (Lipinski definition) is 11. The van der Waals surface area contributed by atoms with Crippen LogP contribution in [0.2, 0.25) is 0 Å². The van der Waals surface area contributed by atoms with Crippen molar-refractivity contribution in [1.82, 2.24) is 45.6 Å². The number of rotatable bonds is 14. The number of carbonyl (C=O) groups excluding carboxylic acids is 3. The quantitative estimate of drug-likeness (QED) is 0.0761. The summed E-state index contributed by atoms with van der Waals surface area (Å²) >= 11 is 0. The summed E-state index contributed by atoms with van der Waals surface area (Å²) in [6, 6.07) is 28.7. The highest BCUT2D eigenvalue weighted by Gasteiger charge is 2.19. The summed E-state index contributed by atoms with van der Waals surface area (Å²) in [6.07, 6.45) is 5.43. The van der Waals surface area contributed by atoms with Gasteiger partial charge in [-0.2, -0.15) is 0 Å².